The highest BCUT2D eigenvalue weighted by Crippen LogP contribution is 2.35. The van der Waals surface area contributed by atoms with Gasteiger partial charge in [0, 0.05) is 31.7 Å². The smallest absolute Gasteiger partial charge is 0.409 e. The average Bonchev–Trinajstić information content (AvgIpc) is 2.92. The molecule has 1 fully saturated rings. The first-order chi connectivity index (χ1) is 18.5. The van der Waals surface area contributed by atoms with Crippen LogP contribution in [0.2, 0.25) is 0 Å². The normalized spacial score (nSPS) is 14.7. The third kappa shape index (κ3) is 8.88. The SMILES string of the molecule is CCCCOC(=O)N1CCN(C(=O)[C@H](CP(=O)(O)O)NC(=O)c2cc(C(C)C)cc(-c3ccccc3)n2)CC1. The second-order valence-electron chi connectivity index (χ2n) is 9.85. The topological polar surface area (TPSA) is 149 Å². The zero-order valence-electron chi connectivity index (χ0n) is 22.6. The van der Waals surface area contributed by atoms with Crippen molar-refractivity contribution in [1.29, 1.82) is 0 Å². The second-order valence-corrected chi connectivity index (χ2v) is 11.5. The molecule has 1 saturated heterocycles. The Morgan fingerprint density at radius 1 is 1.05 bits per heavy atom. The highest BCUT2D eigenvalue weighted by molar-refractivity contribution is 7.51. The van der Waals surface area contributed by atoms with Crippen LogP contribution in [-0.2, 0) is 14.1 Å². The van der Waals surface area contributed by atoms with Crippen LogP contribution >= 0.6 is 7.60 Å². The predicted octanol–water partition coefficient (Wildman–Crippen LogP) is 3.23. The Morgan fingerprint density at radius 2 is 1.69 bits per heavy atom. The van der Waals surface area contributed by atoms with Crippen LogP contribution in [0.3, 0.4) is 0 Å². The van der Waals surface area contributed by atoms with E-state index in [0.29, 0.717) is 12.3 Å². The van der Waals surface area contributed by atoms with Gasteiger partial charge in [0.1, 0.15) is 11.7 Å². The van der Waals surface area contributed by atoms with Crippen LogP contribution in [0.25, 0.3) is 11.3 Å². The first-order valence-corrected chi connectivity index (χ1v) is 14.9. The molecule has 1 aliphatic rings. The fraction of sp³-hybridized carbons (Fsp3) is 0.481. The summed E-state index contributed by atoms with van der Waals surface area (Å²) >= 11 is 0. The highest BCUT2D eigenvalue weighted by Gasteiger charge is 2.35. The number of nitrogens with zero attached hydrogens (tertiary/aromatic N) is 3. The number of hydrogen-bond donors (Lipinski definition) is 3. The minimum Gasteiger partial charge on any atom is -0.449 e. The number of carbonyl (C=O) groups excluding carboxylic acids is 3. The Hall–Kier alpha value is -3.27. The molecule has 1 aromatic heterocycles. The van der Waals surface area contributed by atoms with Crippen molar-refractivity contribution in [2.45, 2.75) is 45.6 Å². The number of rotatable bonds is 10. The van der Waals surface area contributed by atoms with Gasteiger partial charge in [-0.15, -0.1) is 0 Å². The van der Waals surface area contributed by atoms with Crippen molar-refractivity contribution in [3.05, 3.63) is 53.7 Å². The number of piperazine rings is 1. The van der Waals surface area contributed by atoms with Gasteiger partial charge >= 0.3 is 13.7 Å². The van der Waals surface area contributed by atoms with E-state index in [1.165, 1.54) is 9.80 Å². The molecule has 39 heavy (non-hydrogen) atoms. The van der Waals surface area contributed by atoms with Gasteiger partial charge in [-0.05, 0) is 30.0 Å². The number of unbranched alkanes of at least 4 members (excludes halogenated alkanes) is 1. The number of carbonyl (C=O) groups is 3. The minimum absolute atomic E-state index is 0.0446. The maximum absolute atomic E-state index is 13.3. The van der Waals surface area contributed by atoms with E-state index in [-0.39, 0.29) is 37.8 Å². The van der Waals surface area contributed by atoms with Crippen LogP contribution in [0.1, 0.15) is 55.6 Å². The van der Waals surface area contributed by atoms with Crippen molar-refractivity contribution in [3.8, 4) is 11.3 Å². The molecule has 0 saturated carbocycles. The Labute approximate surface area is 228 Å². The Kier molecular flexibility index (Phi) is 10.6. The van der Waals surface area contributed by atoms with Crippen LogP contribution in [0, 0.1) is 0 Å². The molecule has 2 aromatic rings. The summed E-state index contributed by atoms with van der Waals surface area (Å²) in [7, 11) is -4.67. The lowest BCUT2D eigenvalue weighted by Crippen LogP contribution is -2.56. The lowest BCUT2D eigenvalue weighted by atomic mass is 10.00. The largest absolute Gasteiger partial charge is 0.449 e. The third-order valence-electron chi connectivity index (χ3n) is 6.41. The molecular weight excluding hydrogens is 523 g/mol. The molecule has 11 nitrogen and oxygen atoms in total. The quantitative estimate of drug-likeness (QED) is 0.296. The number of ether oxygens (including phenoxy) is 1. The van der Waals surface area contributed by atoms with Crippen molar-refractivity contribution < 1.29 is 33.5 Å². The fourth-order valence-corrected chi connectivity index (χ4v) is 4.86. The number of nitrogens with one attached hydrogen (secondary N) is 1. The summed E-state index contributed by atoms with van der Waals surface area (Å²) in [5.74, 6) is -1.26. The number of aromatic nitrogens is 1. The molecule has 2 heterocycles. The third-order valence-corrected chi connectivity index (χ3v) is 7.25. The summed E-state index contributed by atoms with van der Waals surface area (Å²) in [4.78, 5) is 65.5. The van der Waals surface area contributed by atoms with Gasteiger partial charge in [-0.25, -0.2) is 9.78 Å². The lowest BCUT2D eigenvalue weighted by Gasteiger charge is -2.36. The molecule has 1 aliphatic heterocycles. The molecule has 0 spiro atoms. The van der Waals surface area contributed by atoms with Gasteiger partial charge < -0.3 is 29.6 Å². The van der Waals surface area contributed by atoms with Gasteiger partial charge in [-0.1, -0.05) is 57.5 Å². The van der Waals surface area contributed by atoms with Crippen molar-refractivity contribution in [2.75, 3.05) is 38.9 Å². The van der Waals surface area contributed by atoms with Crippen molar-refractivity contribution >= 4 is 25.5 Å². The van der Waals surface area contributed by atoms with E-state index in [1.54, 1.807) is 6.07 Å². The van der Waals surface area contributed by atoms with Crippen LogP contribution in [0.5, 0.6) is 0 Å². The van der Waals surface area contributed by atoms with Crippen LogP contribution in [0.15, 0.2) is 42.5 Å². The van der Waals surface area contributed by atoms with E-state index in [4.69, 9.17) is 4.74 Å². The molecule has 1 atom stereocenters. The number of benzene rings is 1. The molecule has 0 bridgehead atoms. The van der Waals surface area contributed by atoms with Crippen molar-refractivity contribution in [2.24, 2.45) is 0 Å². The van der Waals surface area contributed by atoms with Gasteiger partial charge in [0.15, 0.2) is 0 Å². The van der Waals surface area contributed by atoms with Crippen molar-refractivity contribution in [3.63, 3.8) is 0 Å². The van der Waals surface area contributed by atoms with Crippen molar-refractivity contribution in [1.82, 2.24) is 20.1 Å². The standard InChI is InChI=1S/C27H37N4O7P/c1-4-5-15-38-27(34)31-13-11-30(12-14-31)26(33)24(18-39(35,36)37)29-25(32)23-17-21(19(2)3)16-22(28-23)20-9-7-6-8-10-20/h6-10,16-17,19,24H,4-5,11-15,18H2,1-3H3,(H,29,32)(H2,35,36,37)/t24-/m0/s1. The second kappa shape index (κ2) is 13.7. The number of pyridine rings is 1. The molecule has 3 amide bonds. The molecule has 12 heteroatoms. The van der Waals surface area contributed by atoms with Gasteiger partial charge in [0.25, 0.3) is 5.91 Å². The number of amides is 3. The zero-order valence-corrected chi connectivity index (χ0v) is 23.5. The summed E-state index contributed by atoms with van der Waals surface area (Å²) < 4.78 is 17.1. The molecule has 3 N–H and O–H groups in total. The molecule has 0 aliphatic carbocycles. The molecule has 3 rings (SSSR count). The van der Waals surface area contributed by atoms with Gasteiger partial charge in [0.05, 0.1) is 18.5 Å². The van der Waals surface area contributed by atoms with Gasteiger partial charge in [-0.2, -0.15) is 0 Å². The van der Waals surface area contributed by atoms with Gasteiger partial charge in [-0.3, -0.25) is 14.2 Å². The van der Waals surface area contributed by atoms with E-state index in [9.17, 15) is 28.7 Å². The van der Waals surface area contributed by atoms with E-state index in [2.05, 4.69) is 10.3 Å². The lowest BCUT2D eigenvalue weighted by molar-refractivity contribution is -0.134. The molecule has 0 unspecified atom stereocenters. The molecule has 0 radical (unpaired) electrons. The fourth-order valence-electron chi connectivity index (χ4n) is 4.14. The first kappa shape index (κ1) is 30.3. The zero-order chi connectivity index (χ0) is 28.6. The van der Waals surface area contributed by atoms with E-state index < -0.39 is 37.7 Å². The van der Waals surface area contributed by atoms with Gasteiger partial charge in [0.2, 0.25) is 5.91 Å². The summed E-state index contributed by atoms with van der Waals surface area (Å²) in [6.07, 6.45) is 0.343. The van der Waals surface area contributed by atoms with E-state index in [1.807, 2.05) is 57.2 Å². The van der Waals surface area contributed by atoms with E-state index >= 15 is 0 Å². The first-order valence-electron chi connectivity index (χ1n) is 13.1. The highest BCUT2D eigenvalue weighted by atomic mass is 31.2. The minimum atomic E-state index is -4.67. The van der Waals surface area contributed by atoms with Crippen LogP contribution < -0.4 is 5.32 Å². The maximum atomic E-state index is 13.3. The molecule has 1 aromatic carbocycles. The average molecular weight is 561 g/mol. The Balaban J connectivity index is 1.76. The van der Waals surface area contributed by atoms with Crippen LogP contribution in [-0.4, -0.2) is 87.5 Å². The summed E-state index contributed by atoms with van der Waals surface area (Å²) in [5, 5.41) is 2.51. The van der Waals surface area contributed by atoms with Crippen LogP contribution in [0.4, 0.5) is 4.79 Å². The molecular formula is C27H37N4O7P. The Bertz CT molecular complexity index is 1190. The maximum Gasteiger partial charge on any atom is 0.409 e. The monoisotopic (exact) mass is 560 g/mol. The predicted molar refractivity (Wildman–Crippen MR) is 146 cm³/mol. The van der Waals surface area contributed by atoms with E-state index in [0.717, 1.165) is 24.0 Å². The molecule has 212 valence electrons. The summed E-state index contributed by atoms with van der Waals surface area (Å²) in [6.45, 7) is 6.99. The Morgan fingerprint density at radius 3 is 2.28 bits per heavy atom. The number of hydrogen-bond acceptors (Lipinski definition) is 6. The summed E-state index contributed by atoms with van der Waals surface area (Å²) in [6, 6.07) is 11.4. The summed E-state index contributed by atoms with van der Waals surface area (Å²) in [5.41, 5.74) is 2.28.